The Hall–Kier alpha value is -1.72. The SMILES string of the molecule is CC(C(=O)Nc1ccc(Cl)cc1N)n1cc(Cl)cn1. The van der Waals surface area contributed by atoms with Crippen LogP contribution in [0.25, 0.3) is 0 Å². The molecule has 0 fully saturated rings. The second kappa shape index (κ2) is 5.50. The van der Waals surface area contributed by atoms with E-state index in [1.165, 1.54) is 10.9 Å². The van der Waals surface area contributed by atoms with Gasteiger partial charge in [0.05, 0.1) is 22.6 Å². The first-order valence-electron chi connectivity index (χ1n) is 5.53. The molecule has 0 spiro atoms. The Morgan fingerprint density at radius 3 is 2.74 bits per heavy atom. The molecule has 0 aliphatic heterocycles. The molecule has 0 aliphatic carbocycles. The molecule has 1 atom stereocenters. The van der Waals surface area contributed by atoms with E-state index in [9.17, 15) is 4.79 Å². The summed E-state index contributed by atoms with van der Waals surface area (Å²) in [6, 6.07) is 4.39. The summed E-state index contributed by atoms with van der Waals surface area (Å²) in [6.07, 6.45) is 3.05. The fourth-order valence-electron chi connectivity index (χ4n) is 1.53. The summed E-state index contributed by atoms with van der Waals surface area (Å²) >= 11 is 11.6. The summed E-state index contributed by atoms with van der Waals surface area (Å²) in [5.74, 6) is -0.242. The Bertz CT molecular complexity index is 612. The molecule has 2 aromatic rings. The van der Waals surface area contributed by atoms with Crippen LogP contribution in [-0.4, -0.2) is 15.7 Å². The second-order valence-corrected chi connectivity index (χ2v) is 4.91. The van der Waals surface area contributed by atoms with Crippen molar-refractivity contribution >= 4 is 40.5 Å². The molecule has 0 saturated heterocycles. The summed E-state index contributed by atoms with van der Waals surface area (Å²) in [4.78, 5) is 12.1. The zero-order valence-corrected chi connectivity index (χ0v) is 11.6. The van der Waals surface area contributed by atoms with Gasteiger partial charge >= 0.3 is 0 Å². The van der Waals surface area contributed by atoms with Crippen LogP contribution >= 0.6 is 23.2 Å². The lowest BCUT2D eigenvalue weighted by molar-refractivity contribution is -0.119. The Kier molecular flexibility index (Phi) is 3.97. The van der Waals surface area contributed by atoms with Crippen molar-refractivity contribution in [2.24, 2.45) is 0 Å². The summed E-state index contributed by atoms with van der Waals surface area (Å²) in [5.41, 5.74) is 6.69. The number of nitrogen functional groups attached to an aromatic ring is 1. The maximum Gasteiger partial charge on any atom is 0.249 e. The number of hydrogen-bond donors (Lipinski definition) is 2. The number of nitrogens with one attached hydrogen (secondary N) is 1. The molecule has 0 radical (unpaired) electrons. The summed E-state index contributed by atoms with van der Waals surface area (Å²) < 4.78 is 1.48. The van der Waals surface area contributed by atoms with Gasteiger partial charge in [-0.1, -0.05) is 23.2 Å². The molecular formula is C12H12Cl2N4O. The monoisotopic (exact) mass is 298 g/mol. The highest BCUT2D eigenvalue weighted by molar-refractivity contribution is 6.31. The van der Waals surface area contributed by atoms with Crippen LogP contribution in [-0.2, 0) is 4.79 Å². The topological polar surface area (TPSA) is 72.9 Å². The van der Waals surface area contributed by atoms with E-state index in [0.717, 1.165) is 0 Å². The van der Waals surface area contributed by atoms with Gasteiger partial charge in [0, 0.05) is 11.2 Å². The molecular weight excluding hydrogens is 287 g/mol. The number of anilines is 2. The molecule has 0 bridgehead atoms. The van der Waals surface area contributed by atoms with Crippen LogP contribution in [0.5, 0.6) is 0 Å². The number of benzene rings is 1. The average Bonchev–Trinajstić information content (AvgIpc) is 2.78. The van der Waals surface area contributed by atoms with E-state index in [1.807, 2.05) is 0 Å². The normalized spacial score (nSPS) is 12.2. The minimum Gasteiger partial charge on any atom is -0.397 e. The van der Waals surface area contributed by atoms with E-state index in [-0.39, 0.29) is 5.91 Å². The van der Waals surface area contributed by atoms with Crippen LogP contribution in [0.3, 0.4) is 0 Å². The first kappa shape index (κ1) is 13.7. The van der Waals surface area contributed by atoms with Crippen molar-refractivity contribution in [3.63, 3.8) is 0 Å². The van der Waals surface area contributed by atoms with Gasteiger partial charge in [0.15, 0.2) is 0 Å². The predicted molar refractivity (Wildman–Crippen MR) is 76.4 cm³/mol. The number of amides is 1. The number of nitrogens with two attached hydrogens (primary N) is 1. The number of carbonyl (C=O) groups excluding carboxylic acids is 1. The third-order valence-corrected chi connectivity index (χ3v) is 3.05. The number of hydrogen-bond acceptors (Lipinski definition) is 3. The minimum absolute atomic E-state index is 0.242. The van der Waals surface area contributed by atoms with Crippen molar-refractivity contribution < 1.29 is 4.79 Å². The van der Waals surface area contributed by atoms with Crippen molar-refractivity contribution in [1.29, 1.82) is 0 Å². The molecule has 19 heavy (non-hydrogen) atoms. The van der Waals surface area contributed by atoms with Crippen LogP contribution in [0.1, 0.15) is 13.0 Å². The molecule has 0 aliphatic rings. The van der Waals surface area contributed by atoms with Crippen molar-refractivity contribution in [3.8, 4) is 0 Å². The number of halogens is 2. The van der Waals surface area contributed by atoms with Gasteiger partial charge in [-0.3, -0.25) is 9.48 Å². The van der Waals surface area contributed by atoms with Crippen LogP contribution < -0.4 is 11.1 Å². The fraction of sp³-hybridized carbons (Fsp3) is 0.167. The van der Waals surface area contributed by atoms with E-state index >= 15 is 0 Å². The van der Waals surface area contributed by atoms with Gasteiger partial charge in [-0.15, -0.1) is 0 Å². The molecule has 1 aromatic heterocycles. The number of aromatic nitrogens is 2. The summed E-state index contributed by atoms with van der Waals surface area (Å²) in [6.45, 7) is 1.71. The molecule has 0 saturated carbocycles. The Labute approximate surface area is 120 Å². The molecule has 1 unspecified atom stereocenters. The van der Waals surface area contributed by atoms with Gasteiger partial charge in [0.2, 0.25) is 5.91 Å². The van der Waals surface area contributed by atoms with E-state index in [0.29, 0.717) is 21.4 Å². The molecule has 5 nitrogen and oxygen atoms in total. The van der Waals surface area contributed by atoms with Crippen molar-refractivity contribution in [3.05, 3.63) is 40.6 Å². The van der Waals surface area contributed by atoms with Crippen molar-refractivity contribution in [2.75, 3.05) is 11.1 Å². The maximum absolute atomic E-state index is 12.1. The summed E-state index contributed by atoms with van der Waals surface area (Å²) in [5, 5.41) is 7.70. The van der Waals surface area contributed by atoms with Gasteiger partial charge in [-0.25, -0.2) is 0 Å². The van der Waals surface area contributed by atoms with E-state index in [1.54, 1.807) is 31.3 Å². The maximum atomic E-state index is 12.1. The van der Waals surface area contributed by atoms with Crippen molar-refractivity contribution in [2.45, 2.75) is 13.0 Å². The molecule has 1 amide bonds. The molecule has 2 rings (SSSR count). The lowest BCUT2D eigenvalue weighted by atomic mass is 10.2. The van der Waals surface area contributed by atoms with Crippen LogP contribution in [0.4, 0.5) is 11.4 Å². The van der Waals surface area contributed by atoms with Crippen LogP contribution in [0.15, 0.2) is 30.6 Å². The van der Waals surface area contributed by atoms with Crippen molar-refractivity contribution in [1.82, 2.24) is 9.78 Å². The van der Waals surface area contributed by atoms with E-state index in [4.69, 9.17) is 28.9 Å². The highest BCUT2D eigenvalue weighted by Crippen LogP contribution is 2.23. The largest absolute Gasteiger partial charge is 0.397 e. The number of carbonyl (C=O) groups is 1. The zero-order valence-electron chi connectivity index (χ0n) is 10.1. The van der Waals surface area contributed by atoms with Crippen LogP contribution in [0, 0.1) is 0 Å². The third-order valence-electron chi connectivity index (χ3n) is 2.62. The van der Waals surface area contributed by atoms with Gasteiger partial charge < -0.3 is 11.1 Å². The molecule has 1 heterocycles. The van der Waals surface area contributed by atoms with Gasteiger partial charge in [0.25, 0.3) is 0 Å². The highest BCUT2D eigenvalue weighted by atomic mass is 35.5. The lowest BCUT2D eigenvalue weighted by Crippen LogP contribution is -2.24. The molecule has 7 heteroatoms. The zero-order chi connectivity index (χ0) is 14.0. The molecule has 100 valence electrons. The average molecular weight is 299 g/mol. The summed E-state index contributed by atoms with van der Waals surface area (Å²) in [7, 11) is 0. The number of nitrogens with zero attached hydrogens (tertiary/aromatic N) is 2. The molecule has 3 N–H and O–H groups in total. The second-order valence-electron chi connectivity index (χ2n) is 4.04. The van der Waals surface area contributed by atoms with Gasteiger partial charge in [0.1, 0.15) is 6.04 Å². The predicted octanol–water partition coefficient (Wildman–Crippen LogP) is 2.97. The Morgan fingerprint density at radius 2 is 2.16 bits per heavy atom. The number of rotatable bonds is 3. The first-order valence-corrected chi connectivity index (χ1v) is 6.28. The minimum atomic E-state index is -0.498. The quantitative estimate of drug-likeness (QED) is 0.856. The Morgan fingerprint density at radius 1 is 1.42 bits per heavy atom. The first-order chi connectivity index (χ1) is 8.97. The fourth-order valence-corrected chi connectivity index (χ4v) is 1.86. The Balaban J connectivity index is 2.12. The van der Waals surface area contributed by atoms with Gasteiger partial charge in [-0.2, -0.15) is 5.10 Å². The smallest absolute Gasteiger partial charge is 0.249 e. The van der Waals surface area contributed by atoms with Crippen LogP contribution in [0.2, 0.25) is 10.0 Å². The highest BCUT2D eigenvalue weighted by Gasteiger charge is 2.16. The molecule has 1 aromatic carbocycles. The van der Waals surface area contributed by atoms with E-state index < -0.39 is 6.04 Å². The lowest BCUT2D eigenvalue weighted by Gasteiger charge is -2.14. The van der Waals surface area contributed by atoms with E-state index in [2.05, 4.69) is 10.4 Å². The van der Waals surface area contributed by atoms with Gasteiger partial charge in [-0.05, 0) is 25.1 Å². The third kappa shape index (κ3) is 3.19. The standard InChI is InChI=1S/C12H12Cl2N4O/c1-7(18-6-9(14)5-16-18)12(19)17-11-3-2-8(13)4-10(11)15/h2-7H,15H2,1H3,(H,17,19).